The van der Waals surface area contributed by atoms with E-state index in [4.69, 9.17) is 4.74 Å². The molecule has 5 nitrogen and oxygen atoms in total. The molecule has 0 saturated carbocycles. The number of amides is 1. The molecule has 0 saturated heterocycles. The highest BCUT2D eigenvalue weighted by atomic mass is 127. The Kier molecular flexibility index (Phi) is 8.89. The van der Waals surface area contributed by atoms with Crippen LogP contribution in [0.4, 0.5) is 4.39 Å². The van der Waals surface area contributed by atoms with Gasteiger partial charge in [0.1, 0.15) is 5.82 Å². The minimum Gasteiger partial charge on any atom is -0.390 e. The molecule has 1 unspecified atom stereocenters. The van der Waals surface area contributed by atoms with Crippen molar-refractivity contribution < 1.29 is 19.0 Å². The molecule has 7 heteroatoms. The Labute approximate surface area is 219 Å². The fourth-order valence-corrected chi connectivity index (χ4v) is 5.06. The van der Waals surface area contributed by atoms with E-state index in [1.807, 2.05) is 55.5 Å². The second-order valence-electron chi connectivity index (χ2n) is 8.61. The maximum Gasteiger partial charge on any atom is 0.254 e. The smallest absolute Gasteiger partial charge is 0.254 e. The van der Waals surface area contributed by atoms with Crippen LogP contribution >= 0.6 is 22.6 Å². The van der Waals surface area contributed by atoms with Gasteiger partial charge in [0, 0.05) is 19.6 Å². The maximum absolute atomic E-state index is 14.9. The highest BCUT2D eigenvalue weighted by molar-refractivity contribution is 14.1. The Morgan fingerprint density at radius 1 is 1.14 bits per heavy atom. The summed E-state index contributed by atoms with van der Waals surface area (Å²) in [5.41, 5.74) is 4.48. The van der Waals surface area contributed by atoms with Crippen LogP contribution in [-0.4, -0.2) is 36.9 Å². The summed E-state index contributed by atoms with van der Waals surface area (Å²) >= 11 is 2.34. The quantitative estimate of drug-likeness (QED) is 0.130. The van der Waals surface area contributed by atoms with Crippen LogP contribution in [0.5, 0.6) is 0 Å². The summed E-state index contributed by atoms with van der Waals surface area (Å²) in [6, 6.07) is 19.6. The number of hydrogen-bond acceptors (Lipinski definition) is 4. The molecular weight excluding hydrogens is 558 g/mol. The third kappa shape index (κ3) is 6.27. The lowest BCUT2D eigenvalue weighted by molar-refractivity contribution is 0.0854. The zero-order valence-corrected chi connectivity index (χ0v) is 21.8. The zero-order chi connectivity index (χ0) is 24.8. The average Bonchev–Trinajstić information content (AvgIpc) is 3.18. The SMILES string of the molecule is CCOCCCNC(I)c1ccc2c(c1)[C@@H](NC(=O)c1ccc(-c3ccccc3)cc1F)[C@H](O)C2. The topological polar surface area (TPSA) is 70.6 Å². The highest BCUT2D eigenvalue weighted by Gasteiger charge is 2.33. The van der Waals surface area contributed by atoms with E-state index in [0.717, 1.165) is 48.4 Å². The second kappa shape index (κ2) is 12.1. The van der Waals surface area contributed by atoms with E-state index in [2.05, 4.69) is 33.2 Å². The number of aliphatic hydroxyl groups is 1. The number of alkyl halides is 1. The molecule has 0 aromatic heterocycles. The summed E-state index contributed by atoms with van der Waals surface area (Å²) in [4.78, 5) is 13.0. The van der Waals surface area contributed by atoms with Crippen molar-refractivity contribution in [3.63, 3.8) is 0 Å². The molecule has 0 fully saturated rings. The van der Waals surface area contributed by atoms with Crippen LogP contribution < -0.4 is 10.6 Å². The van der Waals surface area contributed by atoms with Crippen molar-refractivity contribution in [3.8, 4) is 11.1 Å². The second-order valence-corrected chi connectivity index (χ2v) is 9.85. The first kappa shape index (κ1) is 25.8. The van der Waals surface area contributed by atoms with Gasteiger partial charge in [-0.15, -0.1) is 0 Å². The molecule has 3 aromatic carbocycles. The van der Waals surface area contributed by atoms with Crippen LogP contribution in [0, 0.1) is 5.82 Å². The van der Waals surface area contributed by atoms with Gasteiger partial charge in [-0.2, -0.15) is 0 Å². The monoisotopic (exact) mass is 588 g/mol. The zero-order valence-electron chi connectivity index (χ0n) is 19.6. The highest BCUT2D eigenvalue weighted by Crippen LogP contribution is 2.35. The fraction of sp³-hybridized carbons (Fsp3) is 0.321. The first-order valence-corrected chi connectivity index (χ1v) is 13.1. The van der Waals surface area contributed by atoms with Crippen molar-refractivity contribution in [3.05, 3.63) is 94.8 Å². The fourth-order valence-electron chi connectivity index (χ4n) is 4.36. The van der Waals surface area contributed by atoms with E-state index in [1.165, 1.54) is 12.1 Å². The van der Waals surface area contributed by atoms with Gasteiger partial charge in [0.2, 0.25) is 0 Å². The number of halogens is 2. The minimum absolute atomic E-state index is 0.0378. The van der Waals surface area contributed by atoms with Gasteiger partial charge in [-0.05, 0) is 59.8 Å². The Balaban J connectivity index is 1.46. The molecule has 0 heterocycles. The van der Waals surface area contributed by atoms with Crippen LogP contribution in [-0.2, 0) is 11.2 Å². The summed E-state index contributed by atoms with van der Waals surface area (Å²) in [5, 5.41) is 17.0. The normalized spacial score (nSPS) is 17.7. The number of fused-ring (bicyclic) bond motifs is 1. The van der Waals surface area contributed by atoms with E-state index in [9.17, 15) is 14.3 Å². The number of aliphatic hydroxyl groups excluding tert-OH is 1. The summed E-state index contributed by atoms with van der Waals surface area (Å²) in [5.74, 6) is -1.13. The molecule has 35 heavy (non-hydrogen) atoms. The number of rotatable bonds is 10. The van der Waals surface area contributed by atoms with E-state index in [-0.39, 0.29) is 9.61 Å². The first-order valence-electron chi connectivity index (χ1n) is 11.9. The van der Waals surface area contributed by atoms with Crippen LogP contribution in [0.2, 0.25) is 0 Å². The van der Waals surface area contributed by atoms with Crippen molar-refractivity contribution in [1.82, 2.24) is 10.6 Å². The first-order chi connectivity index (χ1) is 17.0. The summed E-state index contributed by atoms with van der Waals surface area (Å²) in [6.45, 7) is 4.25. The van der Waals surface area contributed by atoms with Gasteiger partial charge in [0.15, 0.2) is 0 Å². The number of carbonyl (C=O) groups excluding carboxylic acids is 1. The van der Waals surface area contributed by atoms with Gasteiger partial charge < -0.3 is 20.5 Å². The Hall–Kier alpha value is -2.33. The molecule has 4 rings (SSSR count). The summed E-state index contributed by atoms with van der Waals surface area (Å²) in [6.07, 6.45) is 0.608. The van der Waals surface area contributed by atoms with Gasteiger partial charge >= 0.3 is 0 Å². The molecular formula is C28H30FIN2O3. The molecule has 1 aliphatic carbocycles. The van der Waals surface area contributed by atoms with Gasteiger partial charge in [0.25, 0.3) is 5.91 Å². The van der Waals surface area contributed by atoms with E-state index in [0.29, 0.717) is 12.0 Å². The van der Waals surface area contributed by atoms with Crippen LogP contribution in [0.25, 0.3) is 11.1 Å². The number of hydrogen-bond donors (Lipinski definition) is 3. The van der Waals surface area contributed by atoms with Crippen molar-refractivity contribution in [2.45, 2.75) is 36.0 Å². The van der Waals surface area contributed by atoms with Crippen molar-refractivity contribution in [2.75, 3.05) is 19.8 Å². The molecule has 184 valence electrons. The molecule has 3 atom stereocenters. The number of carbonyl (C=O) groups is 1. The van der Waals surface area contributed by atoms with E-state index < -0.39 is 23.9 Å². The van der Waals surface area contributed by atoms with E-state index >= 15 is 0 Å². The van der Waals surface area contributed by atoms with Crippen molar-refractivity contribution in [1.29, 1.82) is 0 Å². The maximum atomic E-state index is 14.9. The number of nitrogens with one attached hydrogen (secondary N) is 2. The molecule has 0 radical (unpaired) electrons. The van der Waals surface area contributed by atoms with E-state index in [1.54, 1.807) is 6.07 Å². The van der Waals surface area contributed by atoms with Gasteiger partial charge in [-0.25, -0.2) is 4.39 Å². The average molecular weight is 588 g/mol. The van der Waals surface area contributed by atoms with Gasteiger partial charge in [-0.3, -0.25) is 4.79 Å². The third-order valence-corrected chi connectivity index (χ3v) is 7.37. The van der Waals surface area contributed by atoms with Crippen LogP contribution in [0.3, 0.4) is 0 Å². The Bertz CT molecular complexity index is 1160. The van der Waals surface area contributed by atoms with Gasteiger partial charge in [-0.1, -0.05) is 77.2 Å². The number of benzene rings is 3. The predicted molar refractivity (Wildman–Crippen MR) is 144 cm³/mol. The predicted octanol–water partition coefficient (Wildman–Crippen LogP) is 5.33. The minimum atomic E-state index is -0.761. The molecule has 1 amide bonds. The lowest BCUT2D eigenvalue weighted by Gasteiger charge is -2.20. The van der Waals surface area contributed by atoms with Gasteiger partial charge in [0.05, 0.1) is 21.8 Å². The summed E-state index contributed by atoms with van der Waals surface area (Å²) in [7, 11) is 0. The lowest BCUT2D eigenvalue weighted by Crippen LogP contribution is -2.34. The molecule has 1 aliphatic rings. The molecule has 0 spiro atoms. The molecule has 3 aromatic rings. The lowest BCUT2D eigenvalue weighted by atomic mass is 10.0. The Morgan fingerprint density at radius 2 is 1.94 bits per heavy atom. The number of ether oxygens (including phenoxy) is 1. The standard InChI is InChI=1S/C28H30FIN2O3/c1-2-35-14-6-13-31-27(30)21-10-9-20-17-25(33)26(23(20)15-21)32-28(34)22-12-11-19(16-24(22)29)18-7-4-3-5-8-18/h3-5,7-12,15-16,25-27,31,33H,2,6,13-14,17H2,1H3,(H,32,34)/t25-,26-,27?/m1/s1. The third-order valence-electron chi connectivity index (χ3n) is 6.21. The molecule has 0 bridgehead atoms. The summed E-state index contributed by atoms with van der Waals surface area (Å²) < 4.78 is 20.3. The van der Waals surface area contributed by atoms with Crippen molar-refractivity contribution in [2.24, 2.45) is 0 Å². The van der Waals surface area contributed by atoms with Crippen LogP contribution in [0.1, 0.15) is 50.5 Å². The van der Waals surface area contributed by atoms with Crippen LogP contribution in [0.15, 0.2) is 66.7 Å². The Morgan fingerprint density at radius 3 is 2.69 bits per heavy atom. The molecule has 3 N–H and O–H groups in total. The largest absolute Gasteiger partial charge is 0.390 e. The molecule has 0 aliphatic heterocycles. The van der Waals surface area contributed by atoms with Crippen molar-refractivity contribution >= 4 is 28.5 Å².